The quantitative estimate of drug-likeness (QED) is 0.694. The summed E-state index contributed by atoms with van der Waals surface area (Å²) in [5.74, 6) is -0.927. The molecule has 1 aliphatic rings. The van der Waals surface area contributed by atoms with Gasteiger partial charge in [-0.1, -0.05) is 0 Å². The molecule has 15 heavy (non-hydrogen) atoms. The number of hydrogen-bond acceptors (Lipinski definition) is 4. The van der Waals surface area contributed by atoms with Crippen molar-refractivity contribution in [1.82, 2.24) is 14.8 Å². The van der Waals surface area contributed by atoms with Gasteiger partial charge in [-0.25, -0.2) is 4.68 Å². The van der Waals surface area contributed by atoms with E-state index in [0.717, 1.165) is 0 Å². The van der Waals surface area contributed by atoms with Crippen LogP contribution in [0.3, 0.4) is 0 Å². The van der Waals surface area contributed by atoms with Crippen molar-refractivity contribution in [3.05, 3.63) is 5.82 Å². The molecule has 1 aromatic heterocycles. The van der Waals surface area contributed by atoms with E-state index in [2.05, 4.69) is 15.4 Å². The standard InChI is InChI=1S/C8H10N4O3/c1-4-9-8-10-7(15)5(2-6(13)14)3-12(8)11-4/h5H,2-3H2,1H3,(H,13,14)(H,9,10,11,15)/t5-/m1/s1. The lowest BCUT2D eigenvalue weighted by molar-refractivity contribution is -0.140. The second-order valence-electron chi connectivity index (χ2n) is 3.45. The summed E-state index contributed by atoms with van der Waals surface area (Å²) < 4.78 is 1.52. The molecule has 1 aromatic rings. The largest absolute Gasteiger partial charge is 0.481 e. The predicted molar refractivity (Wildman–Crippen MR) is 49.1 cm³/mol. The van der Waals surface area contributed by atoms with Gasteiger partial charge in [-0.05, 0) is 6.92 Å². The molecule has 7 nitrogen and oxygen atoms in total. The summed E-state index contributed by atoms with van der Waals surface area (Å²) in [5.41, 5.74) is 0. The average Bonchev–Trinajstić information content (AvgIpc) is 2.44. The van der Waals surface area contributed by atoms with Crippen LogP contribution in [-0.2, 0) is 16.1 Å². The number of carboxylic acids is 1. The molecule has 0 fully saturated rings. The number of aromatic nitrogens is 3. The van der Waals surface area contributed by atoms with Crippen LogP contribution in [0.5, 0.6) is 0 Å². The van der Waals surface area contributed by atoms with E-state index < -0.39 is 11.9 Å². The van der Waals surface area contributed by atoms with Crippen molar-refractivity contribution < 1.29 is 14.7 Å². The number of amides is 1. The zero-order valence-corrected chi connectivity index (χ0v) is 8.10. The van der Waals surface area contributed by atoms with E-state index >= 15 is 0 Å². The minimum atomic E-state index is -0.990. The summed E-state index contributed by atoms with van der Waals surface area (Å²) in [7, 11) is 0. The van der Waals surface area contributed by atoms with Crippen LogP contribution < -0.4 is 5.32 Å². The van der Waals surface area contributed by atoms with E-state index in [4.69, 9.17) is 5.11 Å². The van der Waals surface area contributed by atoms with Gasteiger partial charge >= 0.3 is 5.97 Å². The van der Waals surface area contributed by atoms with Crippen LogP contribution in [0, 0.1) is 12.8 Å². The Bertz CT molecular complexity index is 426. The molecule has 1 atom stereocenters. The highest BCUT2D eigenvalue weighted by molar-refractivity contribution is 5.94. The van der Waals surface area contributed by atoms with Gasteiger partial charge in [0.1, 0.15) is 5.82 Å². The van der Waals surface area contributed by atoms with Gasteiger partial charge in [0, 0.05) is 0 Å². The second-order valence-corrected chi connectivity index (χ2v) is 3.45. The Morgan fingerprint density at radius 1 is 1.73 bits per heavy atom. The van der Waals surface area contributed by atoms with Gasteiger partial charge in [0.25, 0.3) is 0 Å². The monoisotopic (exact) mass is 210 g/mol. The molecular weight excluding hydrogens is 200 g/mol. The Hall–Kier alpha value is -1.92. The third-order valence-corrected chi connectivity index (χ3v) is 2.20. The Morgan fingerprint density at radius 3 is 3.13 bits per heavy atom. The van der Waals surface area contributed by atoms with Crippen molar-refractivity contribution in [3.63, 3.8) is 0 Å². The van der Waals surface area contributed by atoms with Crippen molar-refractivity contribution in [1.29, 1.82) is 0 Å². The number of rotatable bonds is 2. The van der Waals surface area contributed by atoms with Crippen LogP contribution >= 0.6 is 0 Å². The number of aliphatic carboxylic acids is 1. The van der Waals surface area contributed by atoms with Gasteiger partial charge in [0.05, 0.1) is 18.9 Å². The van der Waals surface area contributed by atoms with Gasteiger partial charge in [0.15, 0.2) is 0 Å². The van der Waals surface area contributed by atoms with Crippen molar-refractivity contribution >= 4 is 17.8 Å². The number of nitrogens with zero attached hydrogens (tertiary/aromatic N) is 3. The van der Waals surface area contributed by atoms with E-state index in [1.807, 2.05) is 0 Å². The van der Waals surface area contributed by atoms with Crippen LogP contribution in [0.25, 0.3) is 0 Å². The summed E-state index contributed by atoms with van der Waals surface area (Å²) in [6.45, 7) is 1.98. The molecular formula is C8H10N4O3. The number of hydrogen-bond donors (Lipinski definition) is 2. The fraction of sp³-hybridized carbons (Fsp3) is 0.500. The number of fused-ring (bicyclic) bond motifs is 1. The smallest absolute Gasteiger partial charge is 0.304 e. The fourth-order valence-electron chi connectivity index (χ4n) is 1.55. The number of carboxylic acid groups (broad SMARTS) is 1. The van der Waals surface area contributed by atoms with E-state index in [0.29, 0.717) is 11.8 Å². The van der Waals surface area contributed by atoms with E-state index in [9.17, 15) is 9.59 Å². The molecule has 0 unspecified atom stereocenters. The molecule has 2 rings (SSSR count). The minimum Gasteiger partial charge on any atom is -0.481 e. The first-order valence-electron chi connectivity index (χ1n) is 4.50. The molecule has 0 saturated heterocycles. The summed E-state index contributed by atoms with van der Waals surface area (Å²) in [6, 6.07) is 0. The highest BCUT2D eigenvalue weighted by atomic mass is 16.4. The number of aryl methyl sites for hydroxylation is 1. The maximum Gasteiger partial charge on any atom is 0.304 e. The lowest BCUT2D eigenvalue weighted by atomic mass is 10.0. The van der Waals surface area contributed by atoms with Gasteiger partial charge < -0.3 is 5.11 Å². The normalized spacial score (nSPS) is 19.5. The Balaban J connectivity index is 2.21. The zero-order valence-electron chi connectivity index (χ0n) is 8.10. The van der Waals surface area contributed by atoms with E-state index in [1.165, 1.54) is 4.68 Å². The molecule has 0 radical (unpaired) electrons. The van der Waals surface area contributed by atoms with Crippen molar-refractivity contribution in [2.45, 2.75) is 19.9 Å². The van der Waals surface area contributed by atoms with Crippen LogP contribution in [0.2, 0.25) is 0 Å². The highest BCUT2D eigenvalue weighted by Crippen LogP contribution is 2.18. The van der Waals surface area contributed by atoms with Crippen LogP contribution in [0.15, 0.2) is 0 Å². The Morgan fingerprint density at radius 2 is 2.47 bits per heavy atom. The molecule has 0 saturated carbocycles. The first-order chi connectivity index (χ1) is 7.06. The van der Waals surface area contributed by atoms with E-state index in [1.54, 1.807) is 6.92 Å². The molecule has 0 aromatic carbocycles. The molecule has 1 aliphatic heterocycles. The maximum atomic E-state index is 11.4. The molecule has 2 heterocycles. The van der Waals surface area contributed by atoms with Crippen LogP contribution in [0.1, 0.15) is 12.2 Å². The van der Waals surface area contributed by atoms with Crippen molar-refractivity contribution in [2.24, 2.45) is 5.92 Å². The average molecular weight is 210 g/mol. The maximum absolute atomic E-state index is 11.4. The topological polar surface area (TPSA) is 97.1 Å². The summed E-state index contributed by atoms with van der Waals surface area (Å²) in [5, 5.41) is 15.2. The van der Waals surface area contributed by atoms with Gasteiger partial charge in [-0.2, -0.15) is 10.1 Å². The molecule has 1 amide bonds. The molecule has 0 aliphatic carbocycles. The molecule has 7 heteroatoms. The highest BCUT2D eigenvalue weighted by Gasteiger charge is 2.29. The third-order valence-electron chi connectivity index (χ3n) is 2.20. The van der Waals surface area contributed by atoms with Crippen molar-refractivity contribution in [2.75, 3.05) is 5.32 Å². The van der Waals surface area contributed by atoms with Gasteiger partial charge in [-0.15, -0.1) is 0 Å². The lowest BCUT2D eigenvalue weighted by Gasteiger charge is -2.20. The van der Waals surface area contributed by atoms with Gasteiger partial charge in [0.2, 0.25) is 11.9 Å². The minimum absolute atomic E-state index is 0.190. The van der Waals surface area contributed by atoms with Crippen LogP contribution in [0.4, 0.5) is 5.95 Å². The zero-order chi connectivity index (χ0) is 11.0. The SMILES string of the molecule is Cc1nc2n(n1)C[C@@H](CC(=O)O)C(=O)N2. The van der Waals surface area contributed by atoms with Crippen LogP contribution in [-0.4, -0.2) is 31.7 Å². The molecule has 2 N–H and O–H groups in total. The molecule has 0 spiro atoms. The fourth-order valence-corrected chi connectivity index (χ4v) is 1.55. The number of anilines is 1. The number of nitrogens with one attached hydrogen (secondary N) is 1. The lowest BCUT2D eigenvalue weighted by Crippen LogP contribution is -2.35. The van der Waals surface area contributed by atoms with E-state index in [-0.39, 0.29) is 18.9 Å². The second kappa shape index (κ2) is 3.34. The third kappa shape index (κ3) is 1.80. The molecule has 80 valence electrons. The predicted octanol–water partition coefficient (Wildman–Crippen LogP) is -0.370. The first kappa shape index (κ1) is 9.63. The first-order valence-corrected chi connectivity index (χ1v) is 4.50. The Kier molecular flexibility index (Phi) is 2.14. The van der Waals surface area contributed by atoms with Gasteiger partial charge in [-0.3, -0.25) is 14.9 Å². The summed E-state index contributed by atoms with van der Waals surface area (Å²) in [6.07, 6.45) is -0.190. The summed E-state index contributed by atoms with van der Waals surface area (Å²) in [4.78, 5) is 25.9. The summed E-state index contributed by atoms with van der Waals surface area (Å²) >= 11 is 0. The number of carbonyl (C=O) groups excluding carboxylic acids is 1. The van der Waals surface area contributed by atoms with Crippen molar-refractivity contribution in [3.8, 4) is 0 Å². The molecule has 0 bridgehead atoms. The Labute approximate surface area is 85.1 Å². The number of carbonyl (C=O) groups is 2.